The molecular formula is C24H20ClNO4. The summed E-state index contributed by atoms with van der Waals surface area (Å²) in [5, 5.41) is 0.600. The van der Waals surface area contributed by atoms with Gasteiger partial charge >= 0.3 is 0 Å². The van der Waals surface area contributed by atoms with Gasteiger partial charge in [-0.3, -0.25) is 9.59 Å². The van der Waals surface area contributed by atoms with Gasteiger partial charge in [-0.05, 0) is 42.8 Å². The number of fused-ring (bicyclic) bond motifs is 1. The Hall–Kier alpha value is -3.31. The Balaban J connectivity index is 1.81. The van der Waals surface area contributed by atoms with Gasteiger partial charge < -0.3 is 14.4 Å². The van der Waals surface area contributed by atoms with Crippen molar-refractivity contribution in [3.8, 4) is 11.5 Å². The second-order valence-corrected chi connectivity index (χ2v) is 7.27. The molecule has 30 heavy (non-hydrogen) atoms. The van der Waals surface area contributed by atoms with Crippen LogP contribution in [0.3, 0.4) is 0 Å². The highest BCUT2D eigenvalue weighted by atomic mass is 35.5. The third kappa shape index (κ3) is 3.76. The molecule has 4 rings (SSSR count). The van der Waals surface area contributed by atoms with Crippen LogP contribution < -0.4 is 14.4 Å². The molecule has 0 N–H and O–H groups in total. The van der Waals surface area contributed by atoms with Crippen molar-refractivity contribution in [3.63, 3.8) is 0 Å². The number of benzene rings is 3. The maximum Gasteiger partial charge on any atom is 0.273 e. The lowest BCUT2D eigenvalue weighted by Crippen LogP contribution is -2.41. The highest BCUT2D eigenvalue weighted by Crippen LogP contribution is 2.42. The zero-order chi connectivity index (χ0) is 21.1. The van der Waals surface area contributed by atoms with Gasteiger partial charge in [0, 0.05) is 10.6 Å². The van der Waals surface area contributed by atoms with Crippen molar-refractivity contribution in [2.24, 2.45) is 0 Å². The molecule has 0 spiro atoms. The lowest BCUT2D eigenvalue weighted by Gasteiger charge is -2.35. The van der Waals surface area contributed by atoms with Crippen LogP contribution in [0, 0.1) is 0 Å². The number of nitrogens with zero attached hydrogens (tertiary/aromatic N) is 1. The number of carbonyl (C=O) groups excluding carboxylic acids is 2. The highest BCUT2D eigenvalue weighted by Gasteiger charge is 2.38. The Bertz CT molecular complexity index is 1100. The van der Waals surface area contributed by atoms with Crippen molar-refractivity contribution >= 4 is 29.5 Å². The largest absolute Gasteiger partial charge is 0.493 e. The summed E-state index contributed by atoms with van der Waals surface area (Å²) in [6, 6.07) is 19.8. The van der Waals surface area contributed by atoms with Gasteiger partial charge in [0.1, 0.15) is 11.5 Å². The van der Waals surface area contributed by atoms with Crippen LogP contribution in [0.2, 0.25) is 5.02 Å². The fourth-order valence-corrected chi connectivity index (χ4v) is 3.82. The number of hydrogen-bond acceptors (Lipinski definition) is 4. The molecule has 1 aliphatic heterocycles. The van der Waals surface area contributed by atoms with Crippen LogP contribution >= 0.6 is 11.6 Å². The minimum Gasteiger partial charge on any atom is -0.493 e. The summed E-state index contributed by atoms with van der Waals surface area (Å²) in [5.74, 6) is 0.749. The van der Waals surface area contributed by atoms with Gasteiger partial charge in [-0.2, -0.15) is 0 Å². The molecule has 0 fully saturated rings. The summed E-state index contributed by atoms with van der Waals surface area (Å²) in [6.45, 7) is 2.57. The van der Waals surface area contributed by atoms with Gasteiger partial charge in [-0.15, -0.1) is 0 Å². The van der Waals surface area contributed by atoms with E-state index in [1.165, 1.54) is 0 Å². The highest BCUT2D eigenvalue weighted by molar-refractivity contribution is 6.30. The molecule has 5 nitrogen and oxygen atoms in total. The van der Waals surface area contributed by atoms with Gasteiger partial charge in [-0.1, -0.05) is 48.0 Å². The van der Waals surface area contributed by atoms with E-state index in [2.05, 4.69) is 0 Å². The first kappa shape index (κ1) is 20.0. The molecule has 1 unspecified atom stereocenters. The molecule has 3 aromatic carbocycles. The van der Waals surface area contributed by atoms with Crippen LogP contribution in [0.4, 0.5) is 5.69 Å². The lowest BCUT2D eigenvalue weighted by molar-refractivity contribution is -0.126. The molecule has 0 bridgehead atoms. The second kappa shape index (κ2) is 8.59. The van der Waals surface area contributed by atoms with Crippen molar-refractivity contribution in [2.45, 2.75) is 19.6 Å². The Labute approximate surface area is 179 Å². The molecule has 3 aromatic rings. The summed E-state index contributed by atoms with van der Waals surface area (Å²) < 4.78 is 11.8. The van der Waals surface area contributed by atoms with Crippen molar-refractivity contribution < 1.29 is 19.1 Å². The number of para-hydroxylation sites is 2. The first-order valence-electron chi connectivity index (χ1n) is 9.64. The predicted octanol–water partition coefficient (Wildman–Crippen LogP) is 5.22. The van der Waals surface area contributed by atoms with E-state index in [0.717, 1.165) is 11.8 Å². The van der Waals surface area contributed by atoms with Crippen molar-refractivity contribution in [3.05, 3.63) is 88.4 Å². The SMILES string of the molecule is CCOc1cccc(C=O)c1C1Oc2ccccc2N(Cc2cccc(Cl)c2)C1=O. The average Bonchev–Trinajstić information content (AvgIpc) is 2.76. The van der Waals surface area contributed by atoms with E-state index in [1.807, 2.05) is 49.4 Å². The van der Waals surface area contributed by atoms with Crippen LogP contribution in [0.1, 0.15) is 34.5 Å². The summed E-state index contributed by atoms with van der Waals surface area (Å²) in [5.41, 5.74) is 2.35. The number of amides is 1. The average molecular weight is 422 g/mol. The van der Waals surface area contributed by atoms with E-state index < -0.39 is 6.10 Å². The van der Waals surface area contributed by atoms with Gasteiger partial charge in [0.25, 0.3) is 5.91 Å². The minimum atomic E-state index is -0.998. The van der Waals surface area contributed by atoms with E-state index in [1.54, 1.807) is 29.2 Å². The van der Waals surface area contributed by atoms with Gasteiger partial charge in [0.2, 0.25) is 6.10 Å². The topological polar surface area (TPSA) is 55.8 Å². The van der Waals surface area contributed by atoms with Crippen LogP contribution in [0.25, 0.3) is 0 Å². The van der Waals surface area contributed by atoms with Crippen LogP contribution in [0.15, 0.2) is 66.7 Å². The summed E-state index contributed by atoms with van der Waals surface area (Å²) >= 11 is 6.14. The summed E-state index contributed by atoms with van der Waals surface area (Å²) in [6.07, 6.45) is -0.280. The van der Waals surface area contributed by atoms with E-state index in [-0.39, 0.29) is 5.91 Å². The Morgan fingerprint density at radius 2 is 1.90 bits per heavy atom. The molecular weight excluding hydrogens is 402 g/mol. The van der Waals surface area contributed by atoms with Crippen molar-refractivity contribution in [1.29, 1.82) is 0 Å². The minimum absolute atomic E-state index is 0.274. The van der Waals surface area contributed by atoms with Gasteiger partial charge in [0.05, 0.1) is 24.4 Å². The molecule has 1 amide bonds. The smallest absolute Gasteiger partial charge is 0.273 e. The predicted molar refractivity (Wildman–Crippen MR) is 115 cm³/mol. The number of anilines is 1. The number of hydrogen-bond donors (Lipinski definition) is 0. The molecule has 1 aliphatic rings. The molecule has 0 saturated carbocycles. The molecule has 0 saturated heterocycles. The van der Waals surface area contributed by atoms with Gasteiger partial charge in [0.15, 0.2) is 6.29 Å². The van der Waals surface area contributed by atoms with Crippen molar-refractivity contribution in [1.82, 2.24) is 0 Å². The monoisotopic (exact) mass is 421 g/mol. The summed E-state index contributed by atoms with van der Waals surface area (Å²) in [7, 11) is 0. The quantitative estimate of drug-likeness (QED) is 0.512. The number of ether oxygens (including phenoxy) is 2. The normalized spacial score (nSPS) is 15.3. The number of halogens is 1. The number of aldehydes is 1. The first-order valence-corrected chi connectivity index (χ1v) is 10.0. The molecule has 0 radical (unpaired) electrons. The lowest BCUT2D eigenvalue weighted by atomic mass is 9.98. The zero-order valence-corrected chi connectivity index (χ0v) is 17.1. The number of carbonyl (C=O) groups is 2. The Kier molecular flexibility index (Phi) is 5.72. The van der Waals surface area contributed by atoms with Crippen LogP contribution in [-0.4, -0.2) is 18.8 Å². The molecule has 6 heteroatoms. The Morgan fingerprint density at radius 3 is 2.67 bits per heavy atom. The van der Waals surface area contributed by atoms with E-state index >= 15 is 0 Å². The number of rotatable bonds is 6. The van der Waals surface area contributed by atoms with Crippen molar-refractivity contribution in [2.75, 3.05) is 11.5 Å². The standard InChI is InChI=1S/C24H20ClNO4/c1-2-29-21-12-6-8-17(15-27)22(21)23-24(28)26(14-16-7-5-9-18(25)13-16)19-10-3-4-11-20(19)30-23/h3-13,15,23H,2,14H2,1H3. The Morgan fingerprint density at radius 1 is 1.10 bits per heavy atom. The first-order chi connectivity index (χ1) is 14.6. The molecule has 0 aromatic heterocycles. The van der Waals surface area contributed by atoms with E-state index in [4.69, 9.17) is 21.1 Å². The molecule has 1 atom stereocenters. The molecule has 152 valence electrons. The van der Waals surface area contributed by atoms with E-state index in [9.17, 15) is 9.59 Å². The third-order valence-electron chi connectivity index (χ3n) is 4.91. The fourth-order valence-electron chi connectivity index (χ4n) is 3.61. The maximum absolute atomic E-state index is 13.6. The van der Waals surface area contributed by atoms with E-state index in [0.29, 0.717) is 46.5 Å². The summed E-state index contributed by atoms with van der Waals surface area (Å²) in [4.78, 5) is 27.0. The van der Waals surface area contributed by atoms with Crippen LogP contribution in [0.5, 0.6) is 11.5 Å². The van der Waals surface area contributed by atoms with Gasteiger partial charge in [-0.25, -0.2) is 0 Å². The second-order valence-electron chi connectivity index (χ2n) is 6.83. The maximum atomic E-state index is 13.6. The van der Waals surface area contributed by atoms with Crippen LogP contribution in [-0.2, 0) is 11.3 Å². The third-order valence-corrected chi connectivity index (χ3v) is 5.14. The molecule has 1 heterocycles. The fraction of sp³-hybridized carbons (Fsp3) is 0.167. The molecule has 0 aliphatic carbocycles. The zero-order valence-electron chi connectivity index (χ0n) is 16.4.